The average molecular weight is 324 g/mol. The molecule has 1 fully saturated rings. The summed E-state index contributed by atoms with van der Waals surface area (Å²) in [7, 11) is -1.66. The predicted molar refractivity (Wildman–Crippen MR) is 87.2 cm³/mol. The Labute approximate surface area is 129 Å². The van der Waals surface area contributed by atoms with E-state index in [4.69, 9.17) is 0 Å². The highest BCUT2D eigenvalue weighted by molar-refractivity contribution is 7.90. The Bertz CT molecular complexity index is 761. The van der Waals surface area contributed by atoms with Crippen molar-refractivity contribution in [3.8, 4) is 0 Å². The van der Waals surface area contributed by atoms with Crippen LogP contribution in [0, 0.1) is 0 Å². The van der Waals surface area contributed by atoms with Crippen molar-refractivity contribution in [2.24, 2.45) is 0 Å². The van der Waals surface area contributed by atoms with Gasteiger partial charge in [0.2, 0.25) is 10.0 Å². The van der Waals surface area contributed by atoms with Crippen LogP contribution in [-0.2, 0) is 16.6 Å². The number of hydrogen-bond donors (Lipinski definition) is 2. The quantitative estimate of drug-likeness (QED) is 0.889. The van der Waals surface area contributed by atoms with Crippen LogP contribution in [0.2, 0.25) is 0 Å². The number of benzene rings is 1. The van der Waals surface area contributed by atoms with Gasteiger partial charge in [-0.15, -0.1) is 11.3 Å². The maximum Gasteiger partial charge on any atom is 0.242 e. The Kier molecular flexibility index (Phi) is 3.81. The highest BCUT2D eigenvalue weighted by Crippen LogP contribution is 2.38. The van der Waals surface area contributed by atoms with E-state index in [1.165, 1.54) is 0 Å². The fourth-order valence-electron chi connectivity index (χ4n) is 2.83. The van der Waals surface area contributed by atoms with Crippen LogP contribution in [-0.4, -0.2) is 21.0 Å². The smallest absolute Gasteiger partial charge is 0.242 e. The summed E-state index contributed by atoms with van der Waals surface area (Å²) in [6.45, 7) is 2.55. The van der Waals surface area contributed by atoms with E-state index in [0.29, 0.717) is 11.4 Å². The van der Waals surface area contributed by atoms with Crippen molar-refractivity contribution in [2.45, 2.75) is 43.2 Å². The molecule has 0 bridgehead atoms. The lowest BCUT2D eigenvalue weighted by molar-refractivity contribution is 0.248. The van der Waals surface area contributed by atoms with E-state index in [-0.39, 0.29) is 5.54 Å². The molecule has 4 nitrogen and oxygen atoms in total. The zero-order valence-electron chi connectivity index (χ0n) is 12.3. The summed E-state index contributed by atoms with van der Waals surface area (Å²) < 4.78 is 29.7. The molecule has 0 radical (unpaired) electrons. The predicted octanol–water partition coefficient (Wildman–Crippen LogP) is 2.84. The van der Waals surface area contributed by atoms with Crippen LogP contribution in [0.1, 0.15) is 31.1 Å². The standard InChI is InChI=1S/C15H20N2O2S2/c1-15(8-5-9-15)17-21(18,19)14-11-6-3-4-7-12(11)20-13(14)10-16-2/h3-4,6-7,16-17H,5,8-10H2,1-2H3. The van der Waals surface area contributed by atoms with E-state index < -0.39 is 10.0 Å². The van der Waals surface area contributed by atoms with Crippen LogP contribution >= 0.6 is 11.3 Å². The minimum atomic E-state index is -3.49. The molecule has 0 atom stereocenters. The summed E-state index contributed by atoms with van der Waals surface area (Å²) in [5, 5.41) is 3.89. The second-order valence-electron chi connectivity index (χ2n) is 5.90. The molecule has 0 aliphatic heterocycles. The molecular formula is C15H20N2O2S2. The minimum Gasteiger partial charge on any atom is -0.315 e. The van der Waals surface area contributed by atoms with Crippen LogP contribution in [0.4, 0.5) is 0 Å². The summed E-state index contributed by atoms with van der Waals surface area (Å²) in [6.07, 6.45) is 2.91. The molecule has 21 heavy (non-hydrogen) atoms. The molecule has 1 aliphatic rings. The Morgan fingerprint density at radius 1 is 1.29 bits per heavy atom. The number of fused-ring (bicyclic) bond motifs is 1. The summed E-state index contributed by atoms with van der Waals surface area (Å²) in [5.41, 5.74) is -0.279. The normalized spacial score (nSPS) is 17.8. The zero-order chi connectivity index (χ0) is 15.1. The van der Waals surface area contributed by atoms with Gasteiger partial charge in [0.05, 0.1) is 0 Å². The highest BCUT2D eigenvalue weighted by Gasteiger charge is 2.37. The molecule has 1 aromatic heterocycles. The van der Waals surface area contributed by atoms with Gasteiger partial charge < -0.3 is 5.32 Å². The van der Waals surface area contributed by atoms with Gasteiger partial charge >= 0.3 is 0 Å². The van der Waals surface area contributed by atoms with Crippen molar-refractivity contribution in [1.82, 2.24) is 10.0 Å². The SMILES string of the molecule is CNCc1sc2ccccc2c1S(=O)(=O)NC1(C)CCC1. The molecule has 6 heteroatoms. The van der Waals surface area contributed by atoms with E-state index in [9.17, 15) is 8.42 Å². The van der Waals surface area contributed by atoms with Crippen LogP contribution < -0.4 is 10.0 Å². The van der Waals surface area contributed by atoms with Gasteiger partial charge in [0, 0.05) is 27.0 Å². The van der Waals surface area contributed by atoms with E-state index in [0.717, 1.165) is 34.2 Å². The molecule has 1 aliphatic carbocycles. The Morgan fingerprint density at radius 2 is 2.00 bits per heavy atom. The van der Waals surface area contributed by atoms with Crippen LogP contribution in [0.15, 0.2) is 29.2 Å². The Balaban J connectivity index is 2.10. The van der Waals surface area contributed by atoms with Crippen molar-refractivity contribution in [3.05, 3.63) is 29.1 Å². The number of nitrogens with one attached hydrogen (secondary N) is 2. The Morgan fingerprint density at radius 3 is 2.62 bits per heavy atom. The third-order valence-corrected chi connectivity index (χ3v) is 7.13. The lowest BCUT2D eigenvalue weighted by atomic mass is 9.80. The van der Waals surface area contributed by atoms with E-state index in [1.54, 1.807) is 11.3 Å². The molecule has 0 spiro atoms. The maximum absolute atomic E-state index is 12.9. The van der Waals surface area contributed by atoms with Crippen molar-refractivity contribution in [3.63, 3.8) is 0 Å². The molecular weight excluding hydrogens is 304 g/mol. The molecule has 1 saturated carbocycles. The van der Waals surface area contributed by atoms with Crippen LogP contribution in [0.25, 0.3) is 10.1 Å². The number of hydrogen-bond acceptors (Lipinski definition) is 4. The van der Waals surface area contributed by atoms with Gasteiger partial charge in [-0.25, -0.2) is 13.1 Å². The fourth-order valence-corrected chi connectivity index (χ4v) is 6.25. The molecule has 1 heterocycles. The molecule has 0 amide bonds. The molecule has 0 unspecified atom stereocenters. The van der Waals surface area contributed by atoms with Crippen LogP contribution in [0.5, 0.6) is 0 Å². The summed E-state index contributed by atoms with van der Waals surface area (Å²) in [5.74, 6) is 0. The first-order valence-electron chi connectivity index (χ1n) is 7.14. The summed E-state index contributed by atoms with van der Waals surface area (Å²) in [4.78, 5) is 1.32. The van der Waals surface area contributed by atoms with Gasteiger partial charge in [-0.2, -0.15) is 0 Å². The second kappa shape index (κ2) is 5.35. The van der Waals surface area contributed by atoms with Gasteiger partial charge in [0.15, 0.2) is 0 Å². The third-order valence-electron chi connectivity index (χ3n) is 4.06. The second-order valence-corrected chi connectivity index (χ2v) is 8.66. The maximum atomic E-state index is 12.9. The first kappa shape index (κ1) is 15.0. The van der Waals surface area contributed by atoms with E-state index in [2.05, 4.69) is 10.0 Å². The fraction of sp³-hybridized carbons (Fsp3) is 0.467. The van der Waals surface area contributed by atoms with Crippen molar-refractivity contribution in [2.75, 3.05) is 7.05 Å². The topological polar surface area (TPSA) is 58.2 Å². The highest BCUT2D eigenvalue weighted by atomic mass is 32.2. The van der Waals surface area contributed by atoms with Gasteiger partial charge in [0.1, 0.15) is 4.90 Å². The van der Waals surface area contributed by atoms with E-state index in [1.807, 2.05) is 38.2 Å². The van der Waals surface area contributed by atoms with Gasteiger partial charge in [-0.05, 0) is 39.3 Å². The first-order valence-corrected chi connectivity index (χ1v) is 9.44. The van der Waals surface area contributed by atoms with Gasteiger partial charge in [-0.3, -0.25) is 0 Å². The molecule has 2 N–H and O–H groups in total. The van der Waals surface area contributed by atoms with Crippen LogP contribution in [0.3, 0.4) is 0 Å². The average Bonchev–Trinajstić information content (AvgIpc) is 2.75. The lowest BCUT2D eigenvalue weighted by Crippen LogP contribution is -2.50. The van der Waals surface area contributed by atoms with Gasteiger partial charge in [-0.1, -0.05) is 18.2 Å². The lowest BCUT2D eigenvalue weighted by Gasteiger charge is -2.38. The molecule has 114 valence electrons. The van der Waals surface area contributed by atoms with Gasteiger partial charge in [0.25, 0.3) is 0 Å². The molecule has 0 saturated heterocycles. The monoisotopic (exact) mass is 324 g/mol. The van der Waals surface area contributed by atoms with Crippen molar-refractivity contribution >= 4 is 31.4 Å². The zero-order valence-corrected chi connectivity index (χ0v) is 13.9. The number of thiophene rings is 1. The Hall–Kier alpha value is -0.950. The summed E-state index contributed by atoms with van der Waals surface area (Å²) >= 11 is 1.55. The van der Waals surface area contributed by atoms with Crippen molar-refractivity contribution in [1.29, 1.82) is 0 Å². The van der Waals surface area contributed by atoms with Crippen molar-refractivity contribution < 1.29 is 8.42 Å². The first-order chi connectivity index (χ1) is 9.95. The van der Waals surface area contributed by atoms with E-state index >= 15 is 0 Å². The minimum absolute atomic E-state index is 0.279. The molecule has 2 aromatic rings. The largest absolute Gasteiger partial charge is 0.315 e. The molecule has 1 aromatic carbocycles. The summed E-state index contributed by atoms with van der Waals surface area (Å²) in [6, 6.07) is 7.70. The number of sulfonamides is 1. The third kappa shape index (κ3) is 2.73. The molecule has 3 rings (SSSR count). The number of rotatable bonds is 5.